The average molecular weight is 300 g/mol. The Balaban J connectivity index is 1.70. The van der Waals surface area contributed by atoms with Crippen LogP contribution in [-0.2, 0) is 4.79 Å². The van der Waals surface area contributed by atoms with Crippen LogP contribution in [0.25, 0.3) is 0 Å². The molecule has 0 bridgehead atoms. The number of hydrogen-bond acceptors (Lipinski definition) is 2. The van der Waals surface area contributed by atoms with Crippen LogP contribution in [0.4, 0.5) is 0 Å². The molecule has 0 amide bonds. The van der Waals surface area contributed by atoms with Crippen molar-refractivity contribution in [3.63, 3.8) is 0 Å². The summed E-state index contributed by atoms with van der Waals surface area (Å²) in [7, 11) is 0. The van der Waals surface area contributed by atoms with Gasteiger partial charge in [-0.05, 0) is 73.3 Å². The topological polar surface area (TPSA) is 37.3 Å². The number of carbonyl (C=O) groups is 1. The van der Waals surface area contributed by atoms with Gasteiger partial charge in [-0.3, -0.25) is 4.79 Å². The molecule has 0 radical (unpaired) electrons. The third kappa shape index (κ3) is 1.73. The molecule has 0 heterocycles. The molecule has 3 fully saturated rings. The van der Waals surface area contributed by atoms with Crippen molar-refractivity contribution < 1.29 is 9.90 Å². The van der Waals surface area contributed by atoms with Crippen LogP contribution in [0.15, 0.2) is 23.8 Å². The van der Waals surface area contributed by atoms with Crippen LogP contribution >= 0.6 is 0 Å². The standard InChI is InChI=1S/C20H28O2/c1-12-10-17-15-5-4-13-11-14(21)6-8-19(13,2)16(15)7-9-20(17,3)18(12)22/h11,15-18,22H,1,4-10H2,2-3H3/t15-,16+,17+,18+,19+,20+/m1/s1. The molecule has 0 spiro atoms. The molecule has 3 saturated carbocycles. The molecule has 4 aliphatic rings. The van der Waals surface area contributed by atoms with Crippen molar-refractivity contribution in [3.05, 3.63) is 23.8 Å². The summed E-state index contributed by atoms with van der Waals surface area (Å²) in [5, 5.41) is 10.6. The number of fused-ring (bicyclic) bond motifs is 5. The maximum absolute atomic E-state index is 11.8. The second-order valence-corrected chi connectivity index (χ2v) is 8.78. The summed E-state index contributed by atoms with van der Waals surface area (Å²) in [6, 6.07) is 0. The fourth-order valence-corrected chi connectivity index (χ4v) is 6.49. The van der Waals surface area contributed by atoms with E-state index in [1.165, 1.54) is 18.4 Å². The first-order valence-corrected chi connectivity index (χ1v) is 8.96. The lowest BCUT2D eigenvalue weighted by atomic mass is 9.47. The molecule has 2 nitrogen and oxygen atoms in total. The quantitative estimate of drug-likeness (QED) is 0.685. The Kier molecular flexibility index (Phi) is 3.05. The van der Waals surface area contributed by atoms with Gasteiger partial charge in [-0.15, -0.1) is 0 Å². The largest absolute Gasteiger partial charge is 0.388 e. The van der Waals surface area contributed by atoms with Crippen molar-refractivity contribution in [1.29, 1.82) is 0 Å². The van der Waals surface area contributed by atoms with E-state index >= 15 is 0 Å². The molecule has 4 rings (SSSR count). The smallest absolute Gasteiger partial charge is 0.155 e. The Morgan fingerprint density at radius 2 is 1.95 bits per heavy atom. The van der Waals surface area contributed by atoms with Crippen molar-refractivity contribution in [2.45, 2.75) is 64.9 Å². The van der Waals surface area contributed by atoms with Gasteiger partial charge in [0.15, 0.2) is 5.78 Å². The number of hydrogen-bond donors (Lipinski definition) is 1. The van der Waals surface area contributed by atoms with Crippen LogP contribution in [0.2, 0.25) is 0 Å². The van der Waals surface area contributed by atoms with Crippen molar-refractivity contribution in [3.8, 4) is 0 Å². The van der Waals surface area contributed by atoms with E-state index in [1.54, 1.807) is 0 Å². The van der Waals surface area contributed by atoms with E-state index in [0.29, 0.717) is 23.5 Å². The van der Waals surface area contributed by atoms with E-state index in [2.05, 4.69) is 20.4 Å². The minimum absolute atomic E-state index is 0.0420. The molecular weight excluding hydrogens is 272 g/mol. The highest BCUT2D eigenvalue weighted by atomic mass is 16.3. The maximum atomic E-state index is 11.8. The first-order valence-electron chi connectivity index (χ1n) is 8.96. The van der Waals surface area contributed by atoms with Crippen LogP contribution in [-0.4, -0.2) is 17.0 Å². The van der Waals surface area contributed by atoms with E-state index in [-0.39, 0.29) is 16.9 Å². The number of allylic oxidation sites excluding steroid dienone is 1. The number of rotatable bonds is 0. The summed E-state index contributed by atoms with van der Waals surface area (Å²) in [4.78, 5) is 11.8. The molecule has 1 N–H and O–H groups in total. The molecule has 120 valence electrons. The van der Waals surface area contributed by atoms with Gasteiger partial charge >= 0.3 is 0 Å². The summed E-state index contributed by atoms with van der Waals surface area (Å²) in [6.45, 7) is 8.84. The lowest BCUT2D eigenvalue weighted by molar-refractivity contribution is -0.117. The normalized spacial score (nSPS) is 51.0. The third-order valence-electron chi connectivity index (χ3n) is 7.89. The highest BCUT2D eigenvalue weighted by Gasteiger charge is 2.59. The van der Waals surface area contributed by atoms with Gasteiger partial charge in [0, 0.05) is 11.8 Å². The molecule has 2 heteroatoms. The molecule has 0 aliphatic heterocycles. The van der Waals surface area contributed by atoms with Gasteiger partial charge in [0.25, 0.3) is 0 Å². The predicted molar refractivity (Wildman–Crippen MR) is 87.2 cm³/mol. The van der Waals surface area contributed by atoms with E-state index in [9.17, 15) is 9.90 Å². The SMILES string of the molecule is C=C1C[C@H]2[C@@H]3CCC4=CC(=O)CC[C@]4(C)[C@H]3CC[C@]2(C)[C@H]1O. The lowest BCUT2D eigenvalue weighted by Crippen LogP contribution is -2.51. The molecule has 22 heavy (non-hydrogen) atoms. The summed E-state index contributed by atoms with van der Waals surface area (Å²) in [5.74, 6) is 2.31. The summed E-state index contributed by atoms with van der Waals surface area (Å²) in [6.07, 6.45) is 9.00. The molecular formula is C20H28O2. The molecule has 6 atom stereocenters. The van der Waals surface area contributed by atoms with E-state index < -0.39 is 0 Å². The monoisotopic (exact) mass is 300 g/mol. The number of carbonyl (C=O) groups excluding carboxylic acids is 1. The van der Waals surface area contributed by atoms with Crippen LogP contribution in [0, 0.1) is 28.6 Å². The lowest BCUT2D eigenvalue weighted by Gasteiger charge is -2.57. The van der Waals surface area contributed by atoms with E-state index in [1.807, 2.05) is 6.08 Å². The van der Waals surface area contributed by atoms with Crippen LogP contribution in [0.1, 0.15) is 58.8 Å². The second-order valence-electron chi connectivity index (χ2n) is 8.78. The molecule has 0 aromatic rings. The summed E-state index contributed by atoms with van der Waals surface area (Å²) in [5.41, 5.74) is 2.75. The van der Waals surface area contributed by atoms with E-state index in [0.717, 1.165) is 37.7 Å². The van der Waals surface area contributed by atoms with Crippen molar-refractivity contribution in [1.82, 2.24) is 0 Å². The number of aliphatic hydroxyl groups excluding tert-OH is 1. The molecule has 0 saturated heterocycles. The first kappa shape index (κ1) is 14.7. The van der Waals surface area contributed by atoms with Gasteiger partial charge in [0.2, 0.25) is 0 Å². The fraction of sp³-hybridized carbons (Fsp3) is 0.750. The van der Waals surface area contributed by atoms with Gasteiger partial charge in [0.05, 0.1) is 6.10 Å². The number of aliphatic hydroxyl groups is 1. The Morgan fingerprint density at radius 1 is 1.18 bits per heavy atom. The maximum Gasteiger partial charge on any atom is 0.155 e. The van der Waals surface area contributed by atoms with Crippen LogP contribution < -0.4 is 0 Å². The van der Waals surface area contributed by atoms with Gasteiger partial charge in [0.1, 0.15) is 0 Å². The summed E-state index contributed by atoms with van der Waals surface area (Å²) >= 11 is 0. The van der Waals surface area contributed by atoms with Gasteiger partial charge < -0.3 is 5.11 Å². The molecule has 0 unspecified atom stereocenters. The van der Waals surface area contributed by atoms with Crippen molar-refractivity contribution in [2.75, 3.05) is 0 Å². The zero-order chi connectivity index (χ0) is 15.7. The Hall–Kier alpha value is -0.890. The average Bonchev–Trinajstić information content (AvgIpc) is 2.72. The van der Waals surface area contributed by atoms with Crippen LogP contribution in [0.5, 0.6) is 0 Å². The first-order chi connectivity index (χ1) is 10.4. The van der Waals surface area contributed by atoms with Gasteiger partial charge in [-0.1, -0.05) is 26.0 Å². The predicted octanol–water partition coefficient (Wildman–Crippen LogP) is 4.05. The Morgan fingerprint density at radius 3 is 2.73 bits per heavy atom. The number of ketones is 1. The summed E-state index contributed by atoms with van der Waals surface area (Å²) < 4.78 is 0. The third-order valence-corrected chi connectivity index (χ3v) is 7.89. The van der Waals surface area contributed by atoms with Crippen molar-refractivity contribution >= 4 is 5.78 Å². The van der Waals surface area contributed by atoms with Crippen molar-refractivity contribution in [2.24, 2.45) is 28.6 Å². The minimum Gasteiger partial charge on any atom is -0.388 e. The van der Waals surface area contributed by atoms with Crippen LogP contribution in [0.3, 0.4) is 0 Å². The zero-order valence-electron chi connectivity index (χ0n) is 13.9. The highest BCUT2D eigenvalue weighted by molar-refractivity contribution is 5.91. The highest BCUT2D eigenvalue weighted by Crippen LogP contribution is 2.65. The zero-order valence-corrected chi connectivity index (χ0v) is 13.9. The fourth-order valence-electron chi connectivity index (χ4n) is 6.49. The van der Waals surface area contributed by atoms with Gasteiger partial charge in [-0.25, -0.2) is 0 Å². The molecule has 4 aliphatic carbocycles. The molecule has 0 aromatic heterocycles. The Labute approximate surface area is 133 Å². The van der Waals surface area contributed by atoms with Gasteiger partial charge in [-0.2, -0.15) is 0 Å². The molecule has 0 aromatic carbocycles. The Bertz CT molecular complexity index is 574. The minimum atomic E-state index is -0.309. The second kappa shape index (κ2) is 4.56. The van der Waals surface area contributed by atoms with E-state index in [4.69, 9.17) is 0 Å².